The van der Waals surface area contributed by atoms with Crippen molar-refractivity contribution in [2.75, 3.05) is 19.7 Å². The fraction of sp³-hybridized carbons (Fsp3) is 0.435. The number of quaternary nitrogens is 1. The number of benzene rings is 2. The number of carbonyl (C=O) groups excluding carboxylic acids is 1. The normalized spacial score (nSPS) is 22.0. The van der Waals surface area contributed by atoms with Crippen LogP contribution in [0.2, 0.25) is 0 Å². The summed E-state index contributed by atoms with van der Waals surface area (Å²) < 4.78 is 43.2. The Hall–Kier alpha value is -2.38. The summed E-state index contributed by atoms with van der Waals surface area (Å²) in [5.74, 6) is 0.262. The number of ether oxygens (including phenoxy) is 1. The molecular formula is C23H26F3NO3. The van der Waals surface area contributed by atoms with Crippen molar-refractivity contribution < 1.29 is 27.3 Å². The molecule has 0 saturated carbocycles. The largest absolute Gasteiger partial charge is 0.633 e. The third-order valence-corrected chi connectivity index (χ3v) is 5.50. The topological polar surface area (TPSA) is 49.4 Å². The van der Waals surface area contributed by atoms with Crippen LogP contribution < -0.4 is 4.74 Å². The lowest BCUT2D eigenvalue weighted by atomic mass is 9.88. The van der Waals surface area contributed by atoms with E-state index in [9.17, 15) is 23.2 Å². The van der Waals surface area contributed by atoms with Gasteiger partial charge >= 0.3 is 6.18 Å². The van der Waals surface area contributed by atoms with Gasteiger partial charge in [0.05, 0.1) is 25.3 Å². The van der Waals surface area contributed by atoms with Gasteiger partial charge in [0.25, 0.3) is 0 Å². The lowest BCUT2D eigenvalue weighted by molar-refractivity contribution is -0.899. The van der Waals surface area contributed by atoms with E-state index >= 15 is 0 Å². The summed E-state index contributed by atoms with van der Waals surface area (Å²) in [6.07, 6.45) is -2.64. The number of ketones is 1. The van der Waals surface area contributed by atoms with Crippen molar-refractivity contribution in [1.29, 1.82) is 0 Å². The Balaban J connectivity index is 1.56. The van der Waals surface area contributed by atoms with Crippen LogP contribution in [0.15, 0.2) is 48.5 Å². The molecular weight excluding hydrogens is 395 g/mol. The number of carbonyl (C=O) groups is 1. The van der Waals surface area contributed by atoms with Gasteiger partial charge in [0.15, 0.2) is 5.78 Å². The summed E-state index contributed by atoms with van der Waals surface area (Å²) in [5.41, 5.74) is 0.409. The van der Waals surface area contributed by atoms with Crippen LogP contribution in [-0.2, 0) is 12.7 Å². The summed E-state index contributed by atoms with van der Waals surface area (Å²) in [5, 5.41) is 13.1. The lowest BCUT2D eigenvalue weighted by Gasteiger charge is -2.47. The van der Waals surface area contributed by atoms with Gasteiger partial charge in [-0.15, -0.1) is 0 Å². The maximum atomic E-state index is 13.1. The zero-order chi connectivity index (χ0) is 21.8. The van der Waals surface area contributed by atoms with Crippen molar-refractivity contribution in [3.63, 3.8) is 0 Å². The van der Waals surface area contributed by atoms with E-state index in [0.29, 0.717) is 39.1 Å². The zero-order valence-electron chi connectivity index (χ0n) is 17.0. The molecule has 7 heteroatoms. The second kappa shape index (κ2) is 9.18. The first-order chi connectivity index (χ1) is 14.2. The van der Waals surface area contributed by atoms with Crippen molar-refractivity contribution in [3.8, 4) is 5.75 Å². The Labute approximate surface area is 174 Å². The summed E-state index contributed by atoms with van der Waals surface area (Å²) in [6.45, 7) is 3.63. The molecule has 0 amide bonds. The Bertz CT molecular complexity index is 839. The van der Waals surface area contributed by atoms with Gasteiger partial charge in [-0.3, -0.25) is 4.79 Å². The average Bonchev–Trinajstić information content (AvgIpc) is 2.73. The number of likely N-dealkylation sites (tertiary alicyclic amines) is 1. The molecule has 0 aliphatic carbocycles. The number of halogens is 3. The summed E-state index contributed by atoms with van der Waals surface area (Å²) in [4.78, 5) is 12.6. The van der Waals surface area contributed by atoms with E-state index < -0.39 is 16.4 Å². The number of nitrogens with zero attached hydrogens (tertiary/aromatic N) is 1. The third kappa shape index (κ3) is 5.61. The van der Waals surface area contributed by atoms with Crippen LogP contribution >= 0.6 is 0 Å². The standard InChI is InChI=1S/C23H26F3NO3/c1-2-15-30-21-9-3-17(4-10-21)16-27(29)13-11-19(12-14-27)22(28)18-5-7-20(8-6-18)23(24,25)26/h3-10,19H,2,11-16H2,1H3. The number of Topliss-reactive ketones (excluding diaryl/α,β-unsaturated/α-hetero) is 1. The molecule has 0 atom stereocenters. The van der Waals surface area contributed by atoms with Crippen LogP contribution in [0.3, 0.4) is 0 Å². The average molecular weight is 421 g/mol. The monoisotopic (exact) mass is 421 g/mol. The fourth-order valence-corrected chi connectivity index (χ4v) is 3.76. The molecule has 1 saturated heterocycles. The molecule has 0 unspecified atom stereocenters. The molecule has 1 aliphatic heterocycles. The molecule has 162 valence electrons. The molecule has 0 N–H and O–H groups in total. The third-order valence-electron chi connectivity index (χ3n) is 5.50. The molecule has 4 nitrogen and oxygen atoms in total. The lowest BCUT2D eigenvalue weighted by Crippen LogP contribution is -2.48. The second-order valence-corrected chi connectivity index (χ2v) is 7.87. The number of piperidine rings is 1. The Morgan fingerprint density at radius 1 is 1.07 bits per heavy atom. The van der Waals surface area contributed by atoms with Crippen LogP contribution in [-0.4, -0.2) is 30.1 Å². The molecule has 0 aromatic heterocycles. The highest BCUT2D eigenvalue weighted by atomic mass is 19.4. The predicted molar refractivity (Wildman–Crippen MR) is 108 cm³/mol. The van der Waals surface area contributed by atoms with E-state index in [2.05, 4.69) is 0 Å². The van der Waals surface area contributed by atoms with Crippen LogP contribution in [0.5, 0.6) is 5.75 Å². The molecule has 2 aromatic carbocycles. The van der Waals surface area contributed by atoms with E-state index in [0.717, 1.165) is 29.9 Å². The quantitative estimate of drug-likeness (QED) is 0.332. The Morgan fingerprint density at radius 3 is 2.20 bits per heavy atom. The Morgan fingerprint density at radius 2 is 1.67 bits per heavy atom. The van der Waals surface area contributed by atoms with E-state index in [-0.39, 0.29) is 17.3 Å². The SMILES string of the molecule is CCCOc1ccc(C[N+]2([O-])CCC(C(=O)c3ccc(C(F)(F)F)cc3)CC2)cc1. The van der Waals surface area contributed by atoms with Gasteiger partial charge in [0, 0.05) is 29.9 Å². The number of rotatable bonds is 7. The minimum Gasteiger partial charge on any atom is -0.633 e. The molecule has 0 spiro atoms. The fourth-order valence-electron chi connectivity index (χ4n) is 3.76. The Kier molecular flexibility index (Phi) is 6.83. The summed E-state index contributed by atoms with van der Waals surface area (Å²) in [7, 11) is 0. The van der Waals surface area contributed by atoms with Gasteiger partial charge in [0.2, 0.25) is 0 Å². The minimum atomic E-state index is -4.42. The van der Waals surface area contributed by atoms with Crippen LogP contribution in [0.4, 0.5) is 13.2 Å². The number of hydrogen-bond acceptors (Lipinski definition) is 3. The molecule has 1 aliphatic rings. The van der Waals surface area contributed by atoms with Gasteiger partial charge in [-0.2, -0.15) is 13.2 Å². The van der Waals surface area contributed by atoms with Gasteiger partial charge in [-0.25, -0.2) is 0 Å². The van der Waals surface area contributed by atoms with Gasteiger partial charge in [-0.1, -0.05) is 19.1 Å². The van der Waals surface area contributed by atoms with Crippen molar-refractivity contribution in [1.82, 2.24) is 0 Å². The first kappa shape index (κ1) is 22.3. The van der Waals surface area contributed by atoms with E-state index in [1.165, 1.54) is 12.1 Å². The molecule has 2 aromatic rings. The van der Waals surface area contributed by atoms with Crippen molar-refractivity contribution in [2.24, 2.45) is 5.92 Å². The molecule has 0 radical (unpaired) electrons. The highest BCUT2D eigenvalue weighted by Crippen LogP contribution is 2.31. The van der Waals surface area contributed by atoms with Gasteiger partial charge in [0.1, 0.15) is 12.3 Å². The molecule has 3 rings (SSSR count). The van der Waals surface area contributed by atoms with Gasteiger partial charge < -0.3 is 14.6 Å². The van der Waals surface area contributed by atoms with E-state index in [4.69, 9.17) is 4.74 Å². The second-order valence-electron chi connectivity index (χ2n) is 7.87. The molecule has 30 heavy (non-hydrogen) atoms. The van der Waals surface area contributed by atoms with Crippen LogP contribution in [0.25, 0.3) is 0 Å². The highest BCUT2D eigenvalue weighted by Gasteiger charge is 2.33. The maximum absolute atomic E-state index is 13.1. The highest BCUT2D eigenvalue weighted by molar-refractivity contribution is 5.97. The van der Waals surface area contributed by atoms with Crippen molar-refractivity contribution in [3.05, 3.63) is 70.4 Å². The number of alkyl halides is 3. The zero-order valence-corrected chi connectivity index (χ0v) is 17.0. The summed E-state index contributed by atoms with van der Waals surface area (Å²) >= 11 is 0. The van der Waals surface area contributed by atoms with Crippen LogP contribution in [0.1, 0.15) is 47.7 Å². The summed E-state index contributed by atoms with van der Waals surface area (Å²) in [6, 6.07) is 11.8. The predicted octanol–water partition coefficient (Wildman–Crippen LogP) is 5.60. The minimum absolute atomic E-state index is 0.188. The first-order valence-electron chi connectivity index (χ1n) is 10.2. The molecule has 1 fully saturated rings. The smallest absolute Gasteiger partial charge is 0.416 e. The molecule has 0 bridgehead atoms. The van der Waals surface area contributed by atoms with Crippen molar-refractivity contribution >= 4 is 5.78 Å². The van der Waals surface area contributed by atoms with Crippen molar-refractivity contribution in [2.45, 2.75) is 38.9 Å². The first-order valence-corrected chi connectivity index (χ1v) is 10.2. The van der Waals surface area contributed by atoms with Gasteiger partial charge in [-0.05, 0) is 42.8 Å². The number of hydrogen-bond donors (Lipinski definition) is 0. The van der Waals surface area contributed by atoms with E-state index in [1.54, 1.807) is 0 Å². The maximum Gasteiger partial charge on any atom is 0.416 e. The van der Waals surface area contributed by atoms with Crippen LogP contribution in [0, 0.1) is 11.1 Å². The van der Waals surface area contributed by atoms with E-state index in [1.807, 2.05) is 31.2 Å². The molecule has 1 heterocycles. The number of hydroxylamine groups is 3.